The predicted octanol–water partition coefficient (Wildman–Crippen LogP) is 2.64. The number of rotatable bonds is 6. The molecule has 134 valence electrons. The van der Waals surface area contributed by atoms with Gasteiger partial charge in [-0.05, 0) is 19.1 Å². The second-order valence-electron chi connectivity index (χ2n) is 4.86. The summed E-state index contributed by atoms with van der Waals surface area (Å²) in [5.74, 6) is -1.42. The smallest absolute Gasteiger partial charge is 0.348 e. The van der Waals surface area contributed by atoms with Crippen molar-refractivity contribution in [2.75, 3.05) is 12.3 Å². The van der Waals surface area contributed by atoms with E-state index in [1.54, 1.807) is 6.92 Å². The molecule has 0 aliphatic carbocycles. The minimum absolute atomic E-state index is 0.0505. The van der Waals surface area contributed by atoms with Crippen LogP contribution in [-0.4, -0.2) is 23.5 Å². The minimum Gasteiger partial charge on any atom is -0.462 e. The van der Waals surface area contributed by atoms with Crippen LogP contribution < -0.4 is 5.73 Å². The molecule has 1 aromatic carbocycles. The van der Waals surface area contributed by atoms with Crippen molar-refractivity contribution in [3.05, 3.63) is 55.9 Å². The average Bonchev–Trinajstić information content (AvgIpc) is 2.95. The van der Waals surface area contributed by atoms with E-state index >= 15 is 0 Å². The lowest BCUT2D eigenvalue weighted by atomic mass is 10.1. The Morgan fingerprint density at radius 3 is 2.46 bits per heavy atom. The van der Waals surface area contributed by atoms with Crippen LogP contribution in [0.1, 0.15) is 38.1 Å². The lowest BCUT2D eigenvalue weighted by Crippen LogP contribution is -2.10. The predicted molar refractivity (Wildman–Crippen MR) is 91.6 cm³/mol. The number of carbonyl (C=O) groups is 2. The third kappa shape index (κ3) is 3.96. The van der Waals surface area contributed by atoms with Crippen LogP contribution in [0, 0.1) is 21.4 Å². The van der Waals surface area contributed by atoms with Crippen LogP contribution in [0.2, 0.25) is 0 Å². The number of anilines is 1. The maximum Gasteiger partial charge on any atom is 0.348 e. The molecule has 2 aromatic rings. The highest BCUT2D eigenvalue weighted by Crippen LogP contribution is 2.32. The number of benzene rings is 1. The fourth-order valence-electron chi connectivity index (χ4n) is 2.05. The molecule has 2 rings (SSSR count). The highest BCUT2D eigenvalue weighted by molar-refractivity contribution is 7.18. The van der Waals surface area contributed by atoms with Gasteiger partial charge in [0.05, 0.1) is 22.7 Å². The van der Waals surface area contributed by atoms with Crippen LogP contribution in [0.25, 0.3) is 0 Å². The van der Waals surface area contributed by atoms with Gasteiger partial charge in [0.1, 0.15) is 22.6 Å². The molecule has 0 spiro atoms. The second-order valence-corrected chi connectivity index (χ2v) is 5.91. The van der Waals surface area contributed by atoms with Crippen molar-refractivity contribution in [1.29, 1.82) is 5.26 Å². The van der Waals surface area contributed by atoms with Crippen molar-refractivity contribution in [2.24, 2.45) is 0 Å². The van der Waals surface area contributed by atoms with Gasteiger partial charge in [-0.2, -0.15) is 5.26 Å². The first kappa shape index (κ1) is 18.9. The first-order valence-electron chi connectivity index (χ1n) is 7.29. The number of nitriles is 1. The number of nitrogens with zero attached hydrogens (tertiary/aromatic N) is 2. The van der Waals surface area contributed by atoms with E-state index in [4.69, 9.17) is 15.2 Å². The van der Waals surface area contributed by atoms with Crippen LogP contribution in [0.5, 0.6) is 0 Å². The van der Waals surface area contributed by atoms with Gasteiger partial charge in [0.15, 0.2) is 0 Å². The summed E-state index contributed by atoms with van der Waals surface area (Å²) in [6.45, 7) is 1.41. The highest BCUT2D eigenvalue weighted by atomic mass is 32.1. The van der Waals surface area contributed by atoms with E-state index in [-0.39, 0.29) is 45.5 Å². The molecule has 10 heteroatoms. The summed E-state index contributed by atoms with van der Waals surface area (Å²) in [7, 11) is 0. The minimum atomic E-state index is -0.761. The van der Waals surface area contributed by atoms with Crippen molar-refractivity contribution < 1.29 is 24.0 Å². The Morgan fingerprint density at radius 2 is 1.92 bits per heavy atom. The van der Waals surface area contributed by atoms with Crippen LogP contribution in [-0.2, 0) is 16.1 Å². The van der Waals surface area contributed by atoms with Gasteiger partial charge in [0.2, 0.25) is 0 Å². The van der Waals surface area contributed by atoms with E-state index in [1.807, 2.05) is 6.07 Å². The van der Waals surface area contributed by atoms with Gasteiger partial charge in [0.25, 0.3) is 5.69 Å². The van der Waals surface area contributed by atoms with Crippen molar-refractivity contribution in [2.45, 2.75) is 13.5 Å². The monoisotopic (exact) mass is 375 g/mol. The van der Waals surface area contributed by atoms with E-state index in [0.29, 0.717) is 0 Å². The molecule has 0 aliphatic heterocycles. The molecule has 9 nitrogen and oxygen atoms in total. The molecular weight excluding hydrogens is 362 g/mol. The van der Waals surface area contributed by atoms with E-state index in [2.05, 4.69) is 0 Å². The Balaban J connectivity index is 2.20. The molecule has 0 amide bonds. The molecule has 0 saturated heterocycles. The zero-order valence-electron chi connectivity index (χ0n) is 13.6. The summed E-state index contributed by atoms with van der Waals surface area (Å²) in [6.07, 6.45) is 0. The Kier molecular flexibility index (Phi) is 5.87. The Morgan fingerprint density at radius 1 is 1.27 bits per heavy atom. The maximum absolute atomic E-state index is 12.1. The molecular formula is C16H13N3O6S. The molecule has 1 heterocycles. The Labute approximate surface area is 151 Å². The summed E-state index contributed by atoms with van der Waals surface area (Å²) in [5.41, 5.74) is 5.88. The fraction of sp³-hybridized carbons (Fsp3) is 0.188. The summed E-state index contributed by atoms with van der Waals surface area (Å²) in [4.78, 5) is 34.2. The molecule has 0 aliphatic rings. The number of nitrogen functional groups attached to an aromatic ring is 1. The van der Waals surface area contributed by atoms with Crippen LogP contribution in [0.4, 0.5) is 10.7 Å². The number of nitro benzene ring substituents is 1. The van der Waals surface area contributed by atoms with E-state index in [1.165, 1.54) is 24.3 Å². The zero-order valence-corrected chi connectivity index (χ0v) is 14.4. The maximum atomic E-state index is 12.1. The average molecular weight is 375 g/mol. The standard InChI is InChI=1S/C16H13N3O6S/c1-2-24-16(21)13-12(11(7-17)14(18)26-13)8-25-15(20)9-3-5-10(6-4-9)19(22)23/h3-6H,2,8,18H2,1H3. The van der Waals surface area contributed by atoms with Gasteiger partial charge >= 0.3 is 11.9 Å². The number of carbonyl (C=O) groups excluding carboxylic acids is 2. The van der Waals surface area contributed by atoms with Crippen LogP contribution >= 0.6 is 11.3 Å². The number of hydrogen-bond donors (Lipinski definition) is 1. The molecule has 0 atom stereocenters. The molecule has 26 heavy (non-hydrogen) atoms. The number of ether oxygens (including phenoxy) is 2. The number of non-ortho nitro benzene ring substituents is 1. The number of esters is 2. The van der Waals surface area contributed by atoms with Crippen molar-refractivity contribution in [3.63, 3.8) is 0 Å². The van der Waals surface area contributed by atoms with Gasteiger partial charge in [-0.3, -0.25) is 10.1 Å². The quantitative estimate of drug-likeness (QED) is 0.460. The van der Waals surface area contributed by atoms with E-state index in [0.717, 1.165) is 11.3 Å². The molecule has 1 aromatic heterocycles. The van der Waals surface area contributed by atoms with Gasteiger partial charge in [-0.1, -0.05) is 0 Å². The first-order valence-corrected chi connectivity index (χ1v) is 8.10. The van der Waals surface area contributed by atoms with E-state index in [9.17, 15) is 25.0 Å². The van der Waals surface area contributed by atoms with Gasteiger partial charge in [-0.15, -0.1) is 11.3 Å². The number of nitro groups is 1. The Bertz CT molecular complexity index is 898. The lowest BCUT2D eigenvalue weighted by Gasteiger charge is -2.06. The van der Waals surface area contributed by atoms with Crippen LogP contribution in [0.3, 0.4) is 0 Å². The lowest BCUT2D eigenvalue weighted by molar-refractivity contribution is -0.384. The number of nitrogens with two attached hydrogens (primary N) is 1. The first-order chi connectivity index (χ1) is 12.4. The number of hydrogen-bond acceptors (Lipinski definition) is 9. The summed E-state index contributed by atoms with van der Waals surface area (Å²) in [5, 5.41) is 20.0. The fourth-order valence-corrected chi connectivity index (χ4v) is 2.96. The summed E-state index contributed by atoms with van der Waals surface area (Å²) < 4.78 is 10.0. The number of thiophene rings is 1. The third-order valence-electron chi connectivity index (χ3n) is 3.27. The van der Waals surface area contributed by atoms with E-state index < -0.39 is 16.9 Å². The topological polar surface area (TPSA) is 146 Å². The van der Waals surface area contributed by atoms with Crippen molar-refractivity contribution >= 4 is 34.0 Å². The largest absolute Gasteiger partial charge is 0.462 e. The molecule has 0 saturated carbocycles. The SMILES string of the molecule is CCOC(=O)c1sc(N)c(C#N)c1COC(=O)c1ccc([N+](=O)[O-])cc1. The second kappa shape index (κ2) is 8.09. The Hall–Kier alpha value is -3.45. The molecule has 0 radical (unpaired) electrons. The third-order valence-corrected chi connectivity index (χ3v) is 4.31. The zero-order chi connectivity index (χ0) is 19.3. The molecule has 0 bridgehead atoms. The summed E-state index contributed by atoms with van der Waals surface area (Å²) in [6, 6.07) is 6.72. The summed E-state index contributed by atoms with van der Waals surface area (Å²) >= 11 is 0.881. The van der Waals surface area contributed by atoms with Crippen molar-refractivity contribution in [3.8, 4) is 6.07 Å². The molecule has 0 unspecified atom stereocenters. The van der Waals surface area contributed by atoms with Gasteiger partial charge < -0.3 is 15.2 Å². The highest BCUT2D eigenvalue weighted by Gasteiger charge is 2.24. The van der Waals surface area contributed by atoms with Crippen molar-refractivity contribution in [1.82, 2.24) is 0 Å². The van der Waals surface area contributed by atoms with Crippen LogP contribution in [0.15, 0.2) is 24.3 Å². The molecule has 2 N–H and O–H groups in total. The van der Waals surface area contributed by atoms with Gasteiger partial charge in [0, 0.05) is 17.7 Å². The van der Waals surface area contributed by atoms with Gasteiger partial charge in [-0.25, -0.2) is 9.59 Å². The molecule has 0 fully saturated rings. The normalized spacial score (nSPS) is 10.0.